The van der Waals surface area contributed by atoms with E-state index in [1.807, 2.05) is 26.0 Å². The van der Waals surface area contributed by atoms with Gasteiger partial charge in [0.2, 0.25) is 0 Å². The van der Waals surface area contributed by atoms with Crippen molar-refractivity contribution < 1.29 is 9.57 Å². The van der Waals surface area contributed by atoms with Crippen LogP contribution in [0.25, 0.3) is 0 Å². The van der Waals surface area contributed by atoms with Crippen LogP contribution in [0.5, 0.6) is 5.75 Å². The first-order valence-electron chi connectivity index (χ1n) is 4.67. The Kier molecular flexibility index (Phi) is 3.97. The van der Waals surface area contributed by atoms with Gasteiger partial charge in [0.15, 0.2) is 0 Å². The lowest BCUT2D eigenvalue weighted by Crippen LogP contribution is -2.26. The van der Waals surface area contributed by atoms with E-state index >= 15 is 0 Å². The maximum absolute atomic E-state index is 5.95. The van der Waals surface area contributed by atoms with Crippen LogP contribution in [0.15, 0.2) is 18.2 Å². The van der Waals surface area contributed by atoms with Gasteiger partial charge in [0.25, 0.3) is 0 Å². The number of hydrogen-bond donors (Lipinski definition) is 1. The van der Waals surface area contributed by atoms with Gasteiger partial charge in [0, 0.05) is 16.0 Å². The van der Waals surface area contributed by atoms with Gasteiger partial charge in [-0.3, -0.25) is 0 Å². The fourth-order valence-corrected chi connectivity index (χ4v) is 1.67. The second kappa shape index (κ2) is 4.84. The van der Waals surface area contributed by atoms with Crippen molar-refractivity contribution in [1.29, 1.82) is 0 Å². The number of rotatable bonds is 4. The molecule has 15 heavy (non-hydrogen) atoms. The molecular formula is C11H16ClNO2. The predicted octanol–water partition coefficient (Wildman–Crippen LogP) is 2.52. The zero-order valence-corrected chi connectivity index (χ0v) is 9.97. The Labute approximate surface area is 95.1 Å². The molecule has 0 aromatic heterocycles. The summed E-state index contributed by atoms with van der Waals surface area (Å²) in [5.41, 5.74) is 0.758. The molecule has 1 rings (SSSR count). The Bertz CT molecular complexity index is 339. The second-order valence-corrected chi connectivity index (χ2v) is 4.48. The third kappa shape index (κ3) is 2.84. The number of halogens is 1. The SMILES string of the molecule is COc1ccc(Cl)cc1C(C)(C)CON. The van der Waals surface area contributed by atoms with Crippen molar-refractivity contribution in [1.82, 2.24) is 0 Å². The summed E-state index contributed by atoms with van der Waals surface area (Å²) in [4.78, 5) is 4.70. The Morgan fingerprint density at radius 3 is 2.60 bits per heavy atom. The van der Waals surface area contributed by atoms with E-state index in [1.54, 1.807) is 13.2 Å². The van der Waals surface area contributed by atoms with Crippen molar-refractivity contribution in [2.45, 2.75) is 19.3 Å². The van der Waals surface area contributed by atoms with Gasteiger partial charge in [0.1, 0.15) is 5.75 Å². The summed E-state index contributed by atoms with van der Waals surface area (Å²) in [5.74, 6) is 5.90. The highest BCUT2D eigenvalue weighted by Crippen LogP contribution is 2.33. The van der Waals surface area contributed by atoms with E-state index < -0.39 is 0 Å². The van der Waals surface area contributed by atoms with E-state index in [4.69, 9.17) is 27.1 Å². The topological polar surface area (TPSA) is 44.5 Å². The zero-order chi connectivity index (χ0) is 11.5. The van der Waals surface area contributed by atoms with Crippen LogP contribution >= 0.6 is 11.6 Å². The molecule has 2 N–H and O–H groups in total. The molecule has 84 valence electrons. The number of methoxy groups -OCH3 is 1. The summed E-state index contributed by atoms with van der Waals surface area (Å²) < 4.78 is 5.28. The number of hydrogen-bond acceptors (Lipinski definition) is 3. The Hall–Kier alpha value is -0.770. The van der Waals surface area contributed by atoms with Gasteiger partial charge < -0.3 is 9.57 Å². The Morgan fingerprint density at radius 2 is 2.07 bits per heavy atom. The molecule has 0 saturated carbocycles. The van der Waals surface area contributed by atoms with Gasteiger partial charge in [-0.05, 0) is 18.2 Å². The largest absolute Gasteiger partial charge is 0.496 e. The smallest absolute Gasteiger partial charge is 0.122 e. The predicted molar refractivity (Wildman–Crippen MR) is 61.2 cm³/mol. The van der Waals surface area contributed by atoms with E-state index in [2.05, 4.69) is 0 Å². The van der Waals surface area contributed by atoms with Crippen LogP contribution in [0, 0.1) is 0 Å². The molecule has 0 heterocycles. The van der Waals surface area contributed by atoms with Crippen molar-refractivity contribution in [3.8, 4) is 5.75 Å². The van der Waals surface area contributed by atoms with Crippen molar-refractivity contribution in [3.63, 3.8) is 0 Å². The quantitative estimate of drug-likeness (QED) is 0.807. The highest BCUT2D eigenvalue weighted by Gasteiger charge is 2.25. The fraction of sp³-hybridized carbons (Fsp3) is 0.455. The standard InChI is InChI=1S/C11H16ClNO2/c1-11(2,7-15-13)9-6-8(12)4-5-10(9)14-3/h4-6H,7,13H2,1-3H3. The van der Waals surface area contributed by atoms with Gasteiger partial charge in [-0.1, -0.05) is 25.4 Å². The first kappa shape index (κ1) is 12.3. The molecule has 0 radical (unpaired) electrons. The summed E-state index contributed by atoms with van der Waals surface area (Å²) in [6.07, 6.45) is 0. The molecule has 0 aliphatic carbocycles. The molecule has 0 saturated heterocycles. The molecule has 0 atom stereocenters. The van der Waals surface area contributed by atoms with Crippen LogP contribution in [-0.2, 0) is 10.3 Å². The molecule has 0 unspecified atom stereocenters. The lowest BCUT2D eigenvalue weighted by molar-refractivity contribution is 0.0954. The van der Waals surface area contributed by atoms with Gasteiger partial charge in [0.05, 0.1) is 13.7 Å². The molecular weight excluding hydrogens is 214 g/mol. The third-order valence-corrected chi connectivity index (χ3v) is 2.57. The van der Waals surface area contributed by atoms with Gasteiger partial charge in [-0.25, -0.2) is 5.90 Å². The molecule has 0 spiro atoms. The first-order valence-corrected chi connectivity index (χ1v) is 5.05. The second-order valence-electron chi connectivity index (χ2n) is 4.04. The highest BCUT2D eigenvalue weighted by atomic mass is 35.5. The Balaban J connectivity index is 3.15. The number of nitrogens with two attached hydrogens (primary N) is 1. The summed E-state index contributed by atoms with van der Waals surface area (Å²) in [5, 5.41) is 0.677. The number of benzene rings is 1. The summed E-state index contributed by atoms with van der Waals surface area (Å²) >= 11 is 5.95. The number of ether oxygens (including phenoxy) is 1. The maximum Gasteiger partial charge on any atom is 0.122 e. The molecule has 0 aliphatic heterocycles. The van der Waals surface area contributed by atoms with E-state index in [0.717, 1.165) is 11.3 Å². The minimum absolute atomic E-state index is 0.231. The van der Waals surface area contributed by atoms with Crippen LogP contribution in [0.2, 0.25) is 5.02 Å². The molecule has 1 aromatic carbocycles. The Morgan fingerprint density at radius 1 is 1.40 bits per heavy atom. The molecule has 0 fully saturated rings. The molecule has 0 amide bonds. The van der Waals surface area contributed by atoms with Crippen molar-refractivity contribution in [3.05, 3.63) is 28.8 Å². The van der Waals surface area contributed by atoms with Crippen LogP contribution in [0.1, 0.15) is 19.4 Å². The van der Waals surface area contributed by atoms with Crippen LogP contribution in [-0.4, -0.2) is 13.7 Å². The fourth-order valence-electron chi connectivity index (χ4n) is 1.50. The molecule has 1 aromatic rings. The summed E-state index contributed by atoms with van der Waals surface area (Å²) in [7, 11) is 1.63. The lowest BCUT2D eigenvalue weighted by Gasteiger charge is -2.25. The van der Waals surface area contributed by atoms with Crippen LogP contribution in [0.4, 0.5) is 0 Å². The first-order chi connectivity index (χ1) is 7.01. The van der Waals surface area contributed by atoms with Crippen LogP contribution < -0.4 is 10.6 Å². The minimum atomic E-state index is -0.231. The highest BCUT2D eigenvalue weighted by molar-refractivity contribution is 6.30. The average Bonchev–Trinajstić information content (AvgIpc) is 2.17. The van der Waals surface area contributed by atoms with E-state index in [0.29, 0.717) is 11.6 Å². The summed E-state index contributed by atoms with van der Waals surface area (Å²) in [6.45, 7) is 4.45. The maximum atomic E-state index is 5.95. The van der Waals surface area contributed by atoms with Crippen molar-refractivity contribution in [2.24, 2.45) is 5.90 Å². The minimum Gasteiger partial charge on any atom is -0.496 e. The average molecular weight is 230 g/mol. The third-order valence-electron chi connectivity index (χ3n) is 2.33. The van der Waals surface area contributed by atoms with E-state index in [9.17, 15) is 0 Å². The lowest BCUT2D eigenvalue weighted by atomic mass is 9.85. The van der Waals surface area contributed by atoms with Gasteiger partial charge in [-0.2, -0.15) is 0 Å². The monoisotopic (exact) mass is 229 g/mol. The van der Waals surface area contributed by atoms with Gasteiger partial charge >= 0.3 is 0 Å². The zero-order valence-electron chi connectivity index (χ0n) is 9.21. The normalized spacial score (nSPS) is 11.5. The van der Waals surface area contributed by atoms with E-state index in [-0.39, 0.29) is 5.41 Å². The molecule has 0 bridgehead atoms. The van der Waals surface area contributed by atoms with Crippen molar-refractivity contribution >= 4 is 11.6 Å². The van der Waals surface area contributed by atoms with Gasteiger partial charge in [-0.15, -0.1) is 0 Å². The molecule has 0 aliphatic rings. The molecule has 3 nitrogen and oxygen atoms in total. The van der Waals surface area contributed by atoms with E-state index in [1.165, 1.54) is 0 Å². The summed E-state index contributed by atoms with van der Waals surface area (Å²) in [6, 6.07) is 5.51. The van der Waals surface area contributed by atoms with Crippen LogP contribution in [0.3, 0.4) is 0 Å². The molecule has 4 heteroatoms. The van der Waals surface area contributed by atoms with Crippen molar-refractivity contribution in [2.75, 3.05) is 13.7 Å².